The Balaban J connectivity index is 2.27. The second-order valence-corrected chi connectivity index (χ2v) is 5.87. The molecule has 5 heteroatoms. The highest BCUT2D eigenvalue weighted by molar-refractivity contribution is 6.32. The molecule has 122 valence electrons. The van der Waals surface area contributed by atoms with E-state index < -0.39 is 0 Å². The van der Waals surface area contributed by atoms with E-state index in [2.05, 4.69) is 42.5 Å². The smallest absolute Gasteiger partial charge is 0.138 e. The third kappa shape index (κ3) is 4.30. The fraction of sp³-hybridized carbons (Fsp3) is 0.333. The van der Waals surface area contributed by atoms with Crippen LogP contribution in [0.25, 0.3) is 17.2 Å². The first-order chi connectivity index (χ1) is 11.1. The Morgan fingerprint density at radius 2 is 2.13 bits per heavy atom. The Hall–Kier alpha value is -1.91. The quantitative estimate of drug-likeness (QED) is 0.714. The predicted molar refractivity (Wildman–Crippen MR) is 95.8 cm³/mol. The second-order valence-electron chi connectivity index (χ2n) is 5.51. The van der Waals surface area contributed by atoms with E-state index in [0.29, 0.717) is 23.6 Å². The number of pyridine rings is 2. The number of likely N-dealkylation sites (N-methyl/N-ethyl adjacent to an activating group) is 1. The van der Waals surface area contributed by atoms with E-state index in [-0.39, 0.29) is 0 Å². The van der Waals surface area contributed by atoms with Gasteiger partial charge in [-0.05, 0) is 38.2 Å². The van der Waals surface area contributed by atoms with Gasteiger partial charge in [0, 0.05) is 29.6 Å². The first-order valence-corrected chi connectivity index (χ1v) is 7.96. The zero-order valence-electron chi connectivity index (χ0n) is 13.8. The molecule has 0 saturated heterocycles. The van der Waals surface area contributed by atoms with Crippen molar-refractivity contribution in [3.63, 3.8) is 0 Å². The summed E-state index contributed by atoms with van der Waals surface area (Å²) in [6, 6.07) is 4.16. The molecule has 2 aromatic rings. The topological polar surface area (TPSA) is 38.2 Å². The van der Waals surface area contributed by atoms with Gasteiger partial charge in [0.25, 0.3) is 0 Å². The lowest BCUT2D eigenvalue weighted by Crippen LogP contribution is -2.32. The molecular formula is C18H22ClN3O. The molecule has 0 aliphatic carbocycles. The number of ether oxygens (including phenoxy) is 1. The van der Waals surface area contributed by atoms with E-state index in [4.69, 9.17) is 16.3 Å². The van der Waals surface area contributed by atoms with E-state index in [0.717, 1.165) is 23.1 Å². The van der Waals surface area contributed by atoms with Crippen LogP contribution in [-0.4, -0.2) is 41.6 Å². The normalized spacial score (nSPS) is 12.2. The maximum absolute atomic E-state index is 6.26. The molecule has 0 aromatic carbocycles. The maximum atomic E-state index is 6.26. The largest absolute Gasteiger partial charge is 0.490 e. The Morgan fingerprint density at radius 1 is 1.35 bits per heavy atom. The van der Waals surface area contributed by atoms with Crippen LogP contribution in [0.2, 0.25) is 5.15 Å². The third-order valence-corrected chi connectivity index (χ3v) is 4.12. The van der Waals surface area contributed by atoms with Crippen LogP contribution in [0.3, 0.4) is 0 Å². The highest BCUT2D eigenvalue weighted by Gasteiger charge is 2.13. The number of aromatic nitrogens is 2. The molecule has 0 saturated carbocycles. The predicted octanol–water partition coefficient (Wildman–Crippen LogP) is 4.16. The number of hydrogen-bond acceptors (Lipinski definition) is 4. The van der Waals surface area contributed by atoms with Crippen molar-refractivity contribution >= 4 is 17.7 Å². The monoisotopic (exact) mass is 331 g/mol. The SMILES string of the molecule is C=Cc1ccncc1-c1cc(OC[C@@H](CC)N(C)C)cnc1Cl. The molecule has 4 nitrogen and oxygen atoms in total. The van der Waals surface area contributed by atoms with E-state index in [1.165, 1.54) is 0 Å². The summed E-state index contributed by atoms with van der Waals surface area (Å²) in [6.07, 6.45) is 7.94. The Kier molecular flexibility index (Phi) is 6.13. The number of nitrogens with zero attached hydrogens (tertiary/aromatic N) is 3. The molecule has 0 unspecified atom stereocenters. The Labute approximate surface area is 142 Å². The van der Waals surface area contributed by atoms with Gasteiger partial charge in [0.15, 0.2) is 0 Å². The van der Waals surface area contributed by atoms with Gasteiger partial charge < -0.3 is 9.64 Å². The molecule has 1 atom stereocenters. The molecule has 0 aliphatic rings. The minimum Gasteiger partial charge on any atom is -0.490 e. The zero-order chi connectivity index (χ0) is 16.8. The molecule has 0 aliphatic heterocycles. The van der Waals surface area contributed by atoms with Crippen molar-refractivity contribution < 1.29 is 4.74 Å². The maximum Gasteiger partial charge on any atom is 0.138 e. The van der Waals surface area contributed by atoms with Crippen LogP contribution in [0.4, 0.5) is 0 Å². The van der Waals surface area contributed by atoms with Gasteiger partial charge in [0.05, 0.1) is 6.20 Å². The summed E-state index contributed by atoms with van der Waals surface area (Å²) in [5.41, 5.74) is 2.65. The summed E-state index contributed by atoms with van der Waals surface area (Å²) in [5, 5.41) is 0.424. The first kappa shape index (κ1) is 17.4. The molecule has 0 spiro atoms. The standard InChI is InChI=1S/C18H22ClN3O/c1-5-13-7-8-20-11-17(13)16-9-15(10-21-18(16)19)23-12-14(6-2)22(3)4/h5,7-11,14H,1,6,12H2,2-4H3/t14-/m1/s1. The van der Waals surface area contributed by atoms with Crippen LogP contribution in [0.5, 0.6) is 5.75 Å². The Morgan fingerprint density at radius 3 is 2.78 bits per heavy atom. The van der Waals surface area contributed by atoms with Crippen LogP contribution in [0.1, 0.15) is 18.9 Å². The fourth-order valence-electron chi connectivity index (χ4n) is 2.33. The van der Waals surface area contributed by atoms with Gasteiger partial charge in [-0.1, -0.05) is 31.2 Å². The lowest BCUT2D eigenvalue weighted by Gasteiger charge is -2.23. The molecular weight excluding hydrogens is 310 g/mol. The van der Waals surface area contributed by atoms with Crippen LogP contribution in [0.15, 0.2) is 37.3 Å². The van der Waals surface area contributed by atoms with Crippen molar-refractivity contribution in [3.8, 4) is 16.9 Å². The van der Waals surface area contributed by atoms with Crippen molar-refractivity contribution in [3.05, 3.63) is 48.0 Å². The second kappa shape index (κ2) is 8.09. The summed E-state index contributed by atoms with van der Waals surface area (Å²) >= 11 is 6.26. The fourth-order valence-corrected chi connectivity index (χ4v) is 2.53. The summed E-state index contributed by atoms with van der Waals surface area (Å²) in [4.78, 5) is 10.6. The molecule has 2 aromatic heterocycles. The summed E-state index contributed by atoms with van der Waals surface area (Å²) in [7, 11) is 4.10. The van der Waals surface area contributed by atoms with E-state index >= 15 is 0 Å². The average Bonchev–Trinajstić information content (AvgIpc) is 2.56. The summed E-state index contributed by atoms with van der Waals surface area (Å²) in [6.45, 7) is 6.58. The minimum atomic E-state index is 0.358. The number of halogens is 1. The highest BCUT2D eigenvalue weighted by atomic mass is 35.5. The van der Waals surface area contributed by atoms with Crippen molar-refractivity contribution in [1.82, 2.24) is 14.9 Å². The molecule has 2 rings (SSSR count). The molecule has 0 fully saturated rings. The highest BCUT2D eigenvalue weighted by Crippen LogP contribution is 2.32. The Bertz CT molecular complexity index is 673. The van der Waals surface area contributed by atoms with Crippen molar-refractivity contribution in [1.29, 1.82) is 0 Å². The van der Waals surface area contributed by atoms with Crippen LogP contribution < -0.4 is 4.74 Å². The molecule has 0 amide bonds. The van der Waals surface area contributed by atoms with Crippen molar-refractivity contribution in [2.24, 2.45) is 0 Å². The molecule has 2 heterocycles. The van der Waals surface area contributed by atoms with Crippen LogP contribution in [0, 0.1) is 0 Å². The lowest BCUT2D eigenvalue weighted by molar-refractivity contribution is 0.181. The van der Waals surface area contributed by atoms with E-state index in [1.54, 1.807) is 24.7 Å². The van der Waals surface area contributed by atoms with Gasteiger partial charge in [-0.25, -0.2) is 4.98 Å². The van der Waals surface area contributed by atoms with Crippen molar-refractivity contribution in [2.75, 3.05) is 20.7 Å². The van der Waals surface area contributed by atoms with E-state index in [9.17, 15) is 0 Å². The summed E-state index contributed by atoms with van der Waals surface area (Å²) in [5.74, 6) is 0.698. The van der Waals surface area contributed by atoms with Gasteiger partial charge in [-0.3, -0.25) is 4.98 Å². The van der Waals surface area contributed by atoms with Gasteiger partial charge >= 0.3 is 0 Å². The lowest BCUT2D eigenvalue weighted by atomic mass is 10.0. The molecule has 0 bridgehead atoms. The van der Waals surface area contributed by atoms with Gasteiger partial charge in [0.1, 0.15) is 17.5 Å². The van der Waals surface area contributed by atoms with Gasteiger partial charge in [-0.2, -0.15) is 0 Å². The zero-order valence-corrected chi connectivity index (χ0v) is 14.5. The molecule has 23 heavy (non-hydrogen) atoms. The van der Waals surface area contributed by atoms with Gasteiger partial charge in [0.2, 0.25) is 0 Å². The summed E-state index contributed by atoms with van der Waals surface area (Å²) < 4.78 is 5.90. The average molecular weight is 332 g/mol. The van der Waals surface area contributed by atoms with Crippen molar-refractivity contribution in [2.45, 2.75) is 19.4 Å². The van der Waals surface area contributed by atoms with Crippen LogP contribution >= 0.6 is 11.6 Å². The number of rotatable bonds is 7. The molecule has 0 N–H and O–H groups in total. The minimum absolute atomic E-state index is 0.358. The third-order valence-electron chi connectivity index (χ3n) is 3.82. The van der Waals surface area contributed by atoms with Gasteiger partial charge in [-0.15, -0.1) is 0 Å². The first-order valence-electron chi connectivity index (χ1n) is 7.58. The molecule has 0 radical (unpaired) electrons. The van der Waals surface area contributed by atoms with E-state index in [1.807, 2.05) is 12.1 Å². The number of hydrogen-bond donors (Lipinski definition) is 0. The van der Waals surface area contributed by atoms with Crippen LogP contribution in [-0.2, 0) is 0 Å².